The number of halogens is 1. The lowest BCUT2D eigenvalue weighted by atomic mass is 10.1. The second-order valence-corrected chi connectivity index (χ2v) is 12.2. The normalized spacial score (nSPS) is 24.2. The highest BCUT2D eigenvalue weighted by atomic mass is 35.6. The molecule has 1 saturated carbocycles. The van der Waals surface area contributed by atoms with E-state index in [1.807, 2.05) is 0 Å². The van der Waals surface area contributed by atoms with Crippen molar-refractivity contribution in [2.45, 2.75) is 31.5 Å². The fraction of sp³-hybridized carbons (Fsp3) is 0.429. The van der Waals surface area contributed by atoms with E-state index in [1.54, 1.807) is 5.57 Å². The van der Waals surface area contributed by atoms with Gasteiger partial charge in [-0.3, -0.25) is 0 Å². The Balaban J connectivity index is 2.09. The van der Waals surface area contributed by atoms with Crippen molar-refractivity contribution in [2.75, 3.05) is 0 Å². The molecule has 0 radical (unpaired) electrons. The molecule has 2 heteroatoms. The Hall–Kier alpha value is -0.533. The van der Waals surface area contributed by atoms with Crippen molar-refractivity contribution in [3.8, 4) is 0 Å². The lowest BCUT2D eigenvalue weighted by Gasteiger charge is -2.26. The van der Waals surface area contributed by atoms with Crippen LogP contribution < -0.4 is 0 Å². The maximum Gasteiger partial charge on any atom is 0.161 e. The summed E-state index contributed by atoms with van der Waals surface area (Å²) in [6.07, 6.45) is 5.16. The highest BCUT2D eigenvalue weighted by Crippen LogP contribution is 2.52. The van der Waals surface area contributed by atoms with Gasteiger partial charge in [0.1, 0.15) is 0 Å². The minimum absolute atomic E-state index is 0.554. The molecule has 0 amide bonds. The van der Waals surface area contributed by atoms with Crippen LogP contribution >= 0.6 is 11.1 Å². The summed E-state index contributed by atoms with van der Waals surface area (Å²) in [5.74, 6) is 0.836. The zero-order valence-corrected chi connectivity index (χ0v) is 11.6. The largest absolute Gasteiger partial charge is 0.167 e. The van der Waals surface area contributed by atoms with Gasteiger partial charge >= 0.3 is 0 Å². The van der Waals surface area contributed by atoms with Gasteiger partial charge < -0.3 is 0 Å². The molecule has 1 atom stereocenters. The first-order valence-electron chi connectivity index (χ1n) is 6.06. The molecule has 0 spiro atoms. The van der Waals surface area contributed by atoms with E-state index in [0.717, 1.165) is 5.92 Å². The van der Waals surface area contributed by atoms with Gasteiger partial charge in [0, 0.05) is 5.54 Å². The van der Waals surface area contributed by atoms with Gasteiger partial charge in [0.15, 0.2) is 7.38 Å². The average molecular weight is 249 g/mol. The number of rotatable bonds is 2. The van der Waals surface area contributed by atoms with Gasteiger partial charge in [0.05, 0.1) is 0 Å². The van der Waals surface area contributed by atoms with Gasteiger partial charge in [0.25, 0.3) is 0 Å². The Labute approximate surface area is 103 Å². The molecule has 1 aromatic rings. The second kappa shape index (κ2) is 3.48. The SMILES string of the molecule is C[Si](C)(Cl)C1C(C2CC2)=Cc2ccccc21. The van der Waals surface area contributed by atoms with E-state index in [2.05, 4.69) is 43.4 Å². The van der Waals surface area contributed by atoms with E-state index >= 15 is 0 Å². The van der Waals surface area contributed by atoms with Crippen molar-refractivity contribution >= 4 is 24.5 Å². The fourth-order valence-electron chi connectivity index (χ4n) is 2.88. The number of hydrogen-bond acceptors (Lipinski definition) is 0. The molecule has 0 bridgehead atoms. The van der Waals surface area contributed by atoms with Gasteiger partial charge in [-0.1, -0.05) is 49.0 Å². The number of benzene rings is 1. The van der Waals surface area contributed by atoms with E-state index in [0.29, 0.717) is 5.54 Å². The summed E-state index contributed by atoms with van der Waals surface area (Å²) >= 11 is 6.73. The fourth-order valence-corrected chi connectivity index (χ4v) is 5.73. The van der Waals surface area contributed by atoms with E-state index < -0.39 is 7.38 Å². The van der Waals surface area contributed by atoms with Crippen LogP contribution in [0.5, 0.6) is 0 Å². The molecule has 0 N–H and O–H groups in total. The van der Waals surface area contributed by atoms with E-state index in [4.69, 9.17) is 11.1 Å². The quantitative estimate of drug-likeness (QED) is 0.532. The summed E-state index contributed by atoms with van der Waals surface area (Å²) in [6, 6.07) is 8.77. The molecule has 2 aliphatic carbocycles. The van der Waals surface area contributed by atoms with Crippen LogP contribution in [-0.2, 0) is 0 Å². The molecule has 1 fully saturated rings. The molecule has 0 nitrogen and oxygen atoms in total. The Morgan fingerprint density at radius 3 is 2.50 bits per heavy atom. The third-order valence-corrected chi connectivity index (χ3v) is 6.37. The van der Waals surface area contributed by atoms with Crippen LogP contribution in [0.15, 0.2) is 29.8 Å². The Morgan fingerprint density at radius 2 is 1.88 bits per heavy atom. The van der Waals surface area contributed by atoms with Crippen LogP contribution in [0.25, 0.3) is 6.08 Å². The predicted octanol–water partition coefficient (Wildman–Crippen LogP) is 4.56. The molecule has 0 aromatic heterocycles. The molecule has 0 aliphatic heterocycles. The summed E-state index contributed by atoms with van der Waals surface area (Å²) in [6.45, 7) is 4.55. The number of hydrogen-bond donors (Lipinski definition) is 0. The maximum atomic E-state index is 6.73. The van der Waals surface area contributed by atoms with Crippen molar-refractivity contribution < 1.29 is 0 Å². The van der Waals surface area contributed by atoms with E-state index in [-0.39, 0.29) is 0 Å². The first-order valence-corrected chi connectivity index (χ1v) is 10.2. The zero-order chi connectivity index (χ0) is 11.3. The van der Waals surface area contributed by atoms with Crippen LogP contribution in [-0.4, -0.2) is 7.38 Å². The topological polar surface area (TPSA) is 0 Å². The Morgan fingerprint density at radius 1 is 1.19 bits per heavy atom. The highest BCUT2D eigenvalue weighted by Gasteiger charge is 2.43. The van der Waals surface area contributed by atoms with Crippen molar-refractivity contribution in [1.29, 1.82) is 0 Å². The van der Waals surface area contributed by atoms with Gasteiger partial charge in [-0.15, -0.1) is 0 Å². The van der Waals surface area contributed by atoms with Crippen molar-refractivity contribution in [2.24, 2.45) is 5.92 Å². The Kier molecular flexibility index (Phi) is 2.31. The van der Waals surface area contributed by atoms with E-state index in [1.165, 1.54) is 24.0 Å². The predicted molar refractivity (Wildman–Crippen MR) is 73.2 cm³/mol. The molecule has 3 rings (SSSR count). The molecule has 0 saturated heterocycles. The van der Waals surface area contributed by atoms with E-state index in [9.17, 15) is 0 Å². The zero-order valence-electron chi connectivity index (χ0n) is 9.83. The molecule has 2 aliphatic rings. The van der Waals surface area contributed by atoms with Crippen LogP contribution in [0.2, 0.25) is 13.1 Å². The standard InChI is InChI=1S/C14H17ClSi/c1-16(2,15)14-12-6-4-3-5-11(12)9-13(14)10-7-8-10/h3-6,9-10,14H,7-8H2,1-2H3. The van der Waals surface area contributed by atoms with Crippen LogP contribution in [0.3, 0.4) is 0 Å². The van der Waals surface area contributed by atoms with Gasteiger partial charge in [0.2, 0.25) is 0 Å². The third kappa shape index (κ3) is 1.66. The highest BCUT2D eigenvalue weighted by molar-refractivity contribution is 7.20. The second-order valence-electron chi connectivity index (χ2n) is 5.54. The Bertz CT molecular complexity index is 452. The minimum atomic E-state index is -1.66. The summed E-state index contributed by atoms with van der Waals surface area (Å²) in [4.78, 5) is 0. The van der Waals surface area contributed by atoms with Gasteiger partial charge in [-0.25, -0.2) is 0 Å². The molecule has 1 aromatic carbocycles. The van der Waals surface area contributed by atoms with Crippen molar-refractivity contribution in [3.63, 3.8) is 0 Å². The molecule has 84 valence electrons. The first kappa shape index (κ1) is 10.6. The summed E-state index contributed by atoms with van der Waals surface area (Å²) in [7, 11) is -1.66. The van der Waals surface area contributed by atoms with Crippen LogP contribution in [0.4, 0.5) is 0 Å². The lowest BCUT2D eigenvalue weighted by molar-refractivity contribution is 0.921. The first-order chi connectivity index (χ1) is 7.57. The van der Waals surface area contributed by atoms with Gasteiger partial charge in [-0.05, 0) is 29.9 Å². The number of fused-ring (bicyclic) bond motifs is 1. The smallest absolute Gasteiger partial charge is 0.161 e. The maximum absolute atomic E-state index is 6.73. The number of allylic oxidation sites excluding steroid dienone is 1. The molecular formula is C14H17ClSi. The average Bonchev–Trinajstić information content (AvgIpc) is 2.96. The molecule has 16 heavy (non-hydrogen) atoms. The van der Waals surface area contributed by atoms with Crippen LogP contribution in [0.1, 0.15) is 29.5 Å². The summed E-state index contributed by atoms with van der Waals surface area (Å²) in [5.41, 5.74) is 5.08. The van der Waals surface area contributed by atoms with Gasteiger partial charge in [-0.2, -0.15) is 11.1 Å². The molecule has 0 heterocycles. The summed E-state index contributed by atoms with van der Waals surface area (Å²) < 4.78 is 0. The lowest BCUT2D eigenvalue weighted by Crippen LogP contribution is -2.29. The monoisotopic (exact) mass is 248 g/mol. The molecular weight excluding hydrogens is 232 g/mol. The minimum Gasteiger partial charge on any atom is -0.167 e. The summed E-state index contributed by atoms with van der Waals surface area (Å²) in [5, 5.41) is 0. The van der Waals surface area contributed by atoms with Crippen molar-refractivity contribution in [3.05, 3.63) is 41.0 Å². The van der Waals surface area contributed by atoms with Crippen LogP contribution in [0, 0.1) is 5.92 Å². The van der Waals surface area contributed by atoms with Crippen molar-refractivity contribution in [1.82, 2.24) is 0 Å². The third-order valence-electron chi connectivity index (χ3n) is 3.70. The molecule has 1 unspecified atom stereocenters.